The van der Waals surface area contributed by atoms with Crippen LogP contribution in [-0.2, 0) is 12.7 Å². The average molecular weight is 453 g/mol. The average Bonchev–Trinajstić information content (AvgIpc) is 2.81. The number of hydrogen-bond acceptors (Lipinski definition) is 5. The molecule has 0 bridgehead atoms. The van der Waals surface area contributed by atoms with Gasteiger partial charge in [-0.05, 0) is 30.7 Å². The van der Waals surface area contributed by atoms with E-state index in [2.05, 4.69) is 20.3 Å². The van der Waals surface area contributed by atoms with E-state index in [0.29, 0.717) is 6.42 Å². The maximum Gasteiger partial charge on any atom is 0.416 e. The van der Waals surface area contributed by atoms with Gasteiger partial charge in [0.15, 0.2) is 0 Å². The molecule has 2 aromatic carbocycles. The smallest absolute Gasteiger partial charge is 0.319 e. The molecule has 0 spiro atoms. The summed E-state index contributed by atoms with van der Waals surface area (Å²) in [6.45, 7) is 2.12. The molecular weight excluding hydrogens is 435 g/mol. The van der Waals surface area contributed by atoms with Crippen molar-refractivity contribution in [3.05, 3.63) is 82.7 Å². The van der Waals surface area contributed by atoms with Crippen LogP contribution in [0.15, 0.2) is 65.8 Å². The van der Waals surface area contributed by atoms with Crippen molar-refractivity contribution < 1.29 is 18.0 Å². The molecule has 4 rings (SSSR count). The Morgan fingerprint density at radius 2 is 1.91 bits per heavy atom. The molecular formula is C23H18F3N5O2. The number of fused-ring (bicyclic) bond motifs is 1. The largest absolute Gasteiger partial charge is 0.416 e. The van der Waals surface area contributed by atoms with Gasteiger partial charge in [0.05, 0.1) is 22.8 Å². The van der Waals surface area contributed by atoms with Gasteiger partial charge in [-0.2, -0.15) is 13.2 Å². The number of amides is 1. The van der Waals surface area contributed by atoms with E-state index in [0.717, 1.165) is 12.1 Å². The fourth-order valence-electron chi connectivity index (χ4n) is 3.43. The standard InChI is InChI=1S/C23H18F3N5O2/c1-2-11-31-20(14-5-3-6-15(12-14)23(24,25)26)30-19-16(22(31)33)7-4-8-17(19)29-21(32)18-13-27-9-10-28-18/h3-10,12-13H,2,11H2,1H3,(H,29,32). The van der Waals surface area contributed by atoms with Crippen LogP contribution >= 0.6 is 0 Å². The molecule has 4 aromatic rings. The van der Waals surface area contributed by atoms with Crippen molar-refractivity contribution in [1.82, 2.24) is 19.5 Å². The lowest BCUT2D eigenvalue weighted by Gasteiger charge is -2.16. The van der Waals surface area contributed by atoms with Crippen LogP contribution in [0.25, 0.3) is 22.3 Å². The summed E-state index contributed by atoms with van der Waals surface area (Å²) in [5, 5.41) is 2.89. The molecule has 1 N–H and O–H groups in total. The monoisotopic (exact) mass is 453 g/mol. The second-order valence-corrected chi connectivity index (χ2v) is 7.22. The van der Waals surface area contributed by atoms with E-state index in [1.807, 2.05) is 6.92 Å². The van der Waals surface area contributed by atoms with Gasteiger partial charge in [0, 0.05) is 24.5 Å². The number of anilines is 1. The first-order valence-corrected chi connectivity index (χ1v) is 10.1. The minimum absolute atomic E-state index is 0.0620. The number of aromatic nitrogens is 4. The molecule has 0 saturated heterocycles. The predicted molar refractivity (Wildman–Crippen MR) is 117 cm³/mol. The van der Waals surface area contributed by atoms with Gasteiger partial charge < -0.3 is 5.32 Å². The van der Waals surface area contributed by atoms with Crippen LogP contribution in [0.4, 0.5) is 18.9 Å². The van der Waals surface area contributed by atoms with E-state index in [-0.39, 0.29) is 40.2 Å². The second-order valence-electron chi connectivity index (χ2n) is 7.22. The Morgan fingerprint density at radius 3 is 2.61 bits per heavy atom. The van der Waals surface area contributed by atoms with Crippen molar-refractivity contribution in [3.8, 4) is 11.4 Å². The SMILES string of the molecule is CCCn1c(-c2cccc(C(F)(F)F)c2)nc2c(NC(=O)c3cnccn3)cccc2c1=O. The Bertz CT molecular complexity index is 1380. The molecule has 0 aliphatic heterocycles. The van der Waals surface area contributed by atoms with Gasteiger partial charge in [0.2, 0.25) is 0 Å². The summed E-state index contributed by atoms with van der Waals surface area (Å²) in [5.41, 5.74) is -0.651. The third-order valence-corrected chi connectivity index (χ3v) is 4.92. The maximum absolute atomic E-state index is 13.3. The van der Waals surface area contributed by atoms with E-state index in [4.69, 9.17) is 0 Å². The van der Waals surface area contributed by atoms with E-state index < -0.39 is 23.2 Å². The molecule has 0 fully saturated rings. The number of alkyl halides is 3. The normalized spacial score (nSPS) is 11.5. The topological polar surface area (TPSA) is 89.8 Å². The molecule has 0 atom stereocenters. The fourth-order valence-corrected chi connectivity index (χ4v) is 3.43. The predicted octanol–water partition coefficient (Wildman–Crippen LogP) is 4.53. The van der Waals surface area contributed by atoms with Crippen molar-refractivity contribution in [1.29, 1.82) is 0 Å². The molecule has 168 valence electrons. The number of carbonyl (C=O) groups excluding carboxylic acids is 1. The number of nitrogens with zero attached hydrogens (tertiary/aromatic N) is 4. The van der Waals surface area contributed by atoms with Crippen LogP contribution in [0.2, 0.25) is 0 Å². The number of carbonyl (C=O) groups is 1. The lowest BCUT2D eigenvalue weighted by Crippen LogP contribution is -2.24. The molecule has 0 saturated carbocycles. The van der Waals surface area contributed by atoms with Gasteiger partial charge in [-0.25, -0.2) is 9.97 Å². The summed E-state index contributed by atoms with van der Waals surface area (Å²) >= 11 is 0. The van der Waals surface area contributed by atoms with Crippen LogP contribution in [0.3, 0.4) is 0 Å². The number of para-hydroxylation sites is 1. The molecule has 10 heteroatoms. The maximum atomic E-state index is 13.3. The third-order valence-electron chi connectivity index (χ3n) is 4.92. The number of nitrogens with one attached hydrogen (secondary N) is 1. The Balaban J connectivity index is 1.90. The molecule has 0 aliphatic rings. The lowest BCUT2D eigenvalue weighted by molar-refractivity contribution is -0.137. The molecule has 33 heavy (non-hydrogen) atoms. The Kier molecular flexibility index (Phi) is 5.91. The molecule has 2 heterocycles. The molecule has 0 aliphatic carbocycles. The van der Waals surface area contributed by atoms with Crippen LogP contribution < -0.4 is 10.9 Å². The molecule has 1 amide bonds. The highest BCUT2D eigenvalue weighted by atomic mass is 19.4. The van der Waals surface area contributed by atoms with E-state index in [9.17, 15) is 22.8 Å². The summed E-state index contributed by atoms with van der Waals surface area (Å²) in [4.78, 5) is 38.2. The molecule has 7 nitrogen and oxygen atoms in total. The highest BCUT2D eigenvalue weighted by molar-refractivity contribution is 6.07. The zero-order chi connectivity index (χ0) is 23.6. The highest BCUT2D eigenvalue weighted by Gasteiger charge is 2.31. The Morgan fingerprint density at radius 1 is 1.12 bits per heavy atom. The van der Waals surface area contributed by atoms with Gasteiger partial charge in [0.25, 0.3) is 11.5 Å². The number of benzene rings is 2. The van der Waals surface area contributed by atoms with E-state index in [1.165, 1.54) is 35.3 Å². The van der Waals surface area contributed by atoms with Crippen molar-refractivity contribution in [2.24, 2.45) is 0 Å². The zero-order valence-corrected chi connectivity index (χ0v) is 17.4. The minimum atomic E-state index is -4.54. The third kappa shape index (κ3) is 4.45. The van der Waals surface area contributed by atoms with Crippen LogP contribution in [0.1, 0.15) is 29.4 Å². The van der Waals surface area contributed by atoms with Crippen molar-refractivity contribution in [2.75, 3.05) is 5.32 Å². The summed E-state index contributed by atoms with van der Waals surface area (Å²) in [6, 6.07) is 9.37. The van der Waals surface area contributed by atoms with Gasteiger partial charge in [-0.1, -0.05) is 25.1 Å². The van der Waals surface area contributed by atoms with Crippen LogP contribution in [0.5, 0.6) is 0 Å². The molecule has 0 unspecified atom stereocenters. The summed E-state index contributed by atoms with van der Waals surface area (Å²) < 4.78 is 41.2. The van der Waals surface area contributed by atoms with Gasteiger partial charge >= 0.3 is 6.18 Å². The number of hydrogen-bond donors (Lipinski definition) is 1. The van der Waals surface area contributed by atoms with E-state index >= 15 is 0 Å². The minimum Gasteiger partial charge on any atom is -0.319 e. The summed E-state index contributed by atoms with van der Waals surface area (Å²) in [5.74, 6) is -0.475. The molecule has 0 radical (unpaired) electrons. The summed E-state index contributed by atoms with van der Waals surface area (Å²) in [6.07, 6.45) is 0.107. The first-order valence-electron chi connectivity index (χ1n) is 10.1. The van der Waals surface area contributed by atoms with Crippen molar-refractivity contribution >= 4 is 22.5 Å². The molecule has 2 aromatic heterocycles. The second kappa shape index (κ2) is 8.81. The van der Waals surface area contributed by atoms with Gasteiger partial charge in [-0.15, -0.1) is 0 Å². The van der Waals surface area contributed by atoms with Crippen molar-refractivity contribution in [2.45, 2.75) is 26.1 Å². The number of halogens is 3. The number of rotatable bonds is 5. The lowest BCUT2D eigenvalue weighted by atomic mass is 10.1. The fraction of sp³-hybridized carbons (Fsp3) is 0.174. The van der Waals surface area contributed by atoms with Crippen LogP contribution in [0, 0.1) is 0 Å². The Labute approximate surface area is 186 Å². The first kappa shape index (κ1) is 22.1. The van der Waals surface area contributed by atoms with Gasteiger partial charge in [0.1, 0.15) is 17.0 Å². The highest BCUT2D eigenvalue weighted by Crippen LogP contribution is 2.32. The summed E-state index contributed by atoms with van der Waals surface area (Å²) in [7, 11) is 0. The van der Waals surface area contributed by atoms with Crippen molar-refractivity contribution in [3.63, 3.8) is 0 Å². The quantitative estimate of drug-likeness (QED) is 0.479. The van der Waals surface area contributed by atoms with E-state index in [1.54, 1.807) is 18.2 Å². The Hall–Kier alpha value is -4.08. The first-order chi connectivity index (χ1) is 15.8. The van der Waals surface area contributed by atoms with Crippen LogP contribution in [-0.4, -0.2) is 25.4 Å². The van der Waals surface area contributed by atoms with Gasteiger partial charge in [-0.3, -0.25) is 19.1 Å². The zero-order valence-electron chi connectivity index (χ0n) is 17.4.